The Hall–Kier alpha value is -0.500. The maximum atomic E-state index is 13.8. The van der Waals surface area contributed by atoms with Crippen LogP contribution in [0.15, 0.2) is 46.9 Å². The minimum absolute atomic E-state index is 0.114. The summed E-state index contributed by atoms with van der Waals surface area (Å²) in [6, 6.07) is 12.8. The third-order valence-electron chi connectivity index (χ3n) is 2.91. The third kappa shape index (κ3) is 3.75. The average Bonchev–Trinajstić information content (AvgIpc) is 2.41. The number of hydrogen-bond donors (Lipinski definition) is 2. The summed E-state index contributed by atoms with van der Waals surface area (Å²) in [6.07, 6.45) is 0.502. The van der Waals surface area contributed by atoms with E-state index in [1.807, 2.05) is 24.3 Å². The Labute approximate surface area is 133 Å². The van der Waals surface area contributed by atoms with E-state index >= 15 is 0 Å². The molecule has 2 aromatic rings. The third-order valence-corrected chi connectivity index (χ3v) is 4.39. The first-order chi connectivity index (χ1) is 9.11. The molecule has 100 valence electrons. The van der Waals surface area contributed by atoms with E-state index in [9.17, 15) is 4.39 Å². The predicted octanol–water partition coefficient (Wildman–Crippen LogP) is 3.94. The van der Waals surface area contributed by atoms with E-state index < -0.39 is 0 Å². The second kappa shape index (κ2) is 6.78. The summed E-state index contributed by atoms with van der Waals surface area (Å²) in [5, 5.41) is 0. The second-order valence-corrected chi connectivity index (χ2v) is 6.26. The Kier molecular flexibility index (Phi) is 5.32. The topological polar surface area (TPSA) is 38.0 Å². The lowest BCUT2D eigenvalue weighted by atomic mass is 9.99. The van der Waals surface area contributed by atoms with Gasteiger partial charge < -0.3 is 0 Å². The number of nitrogens with one attached hydrogen (secondary N) is 1. The van der Waals surface area contributed by atoms with Crippen LogP contribution in [-0.2, 0) is 6.42 Å². The zero-order valence-electron chi connectivity index (χ0n) is 10.0. The molecule has 0 saturated carbocycles. The molecule has 0 bridgehead atoms. The smallest absolute Gasteiger partial charge is 0.126 e. The van der Waals surface area contributed by atoms with Gasteiger partial charge in [-0.3, -0.25) is 11.3 Å². The van der Waals surface area contributed by atoms with Crippen molar-refractivity contribution >= 4 is 38.5 Å². The molecule has 2 nitrogen and oxygen atoms in total. The Morgan fingerprint density at radius 1 is 1.26 bits per heavy atom. The monoisotopic (exact) mass is 434 g/mol. The van der Waals surface area contributed by atoms with Crippen LogP contribution in [0.3, 0.4) is 0 Å². The molecule has 5 heteroatoms. The number of hydrogen-bond acceptors (Lipinski definition) is 2. The quantitative estimate of drug-likeness (QED) is 0.434. The first kappa shape index (κ1) is 14.9. The van der Waals surface area contributed by atoms with Gasteiger partial charge in [-0.05, 0) is 64.4 Å². The summed E-state index contributed by atoms with van der Waals surface area (Å²) in [7, 11) is 0. The van der Waals surface area contributed by atoms with Crippen LogP contribution in [0.1, 0.15) is 17.2 Å². The van der Waals surface area contributed by atoms with Crippen LogP contribution >= 0.6 is 38.5 Å². The SMILES string of the molecule is NNC(Cc1cc(Br)ccc1F)c1ccccc1I. The van der Waals surface area contributed by atoms with Gasteiger partial charge in [0.2, 0.25) is 0 Å². The molecule has 0 radical (unpaired) electrons. The molecule has 3 N–H and O–H groups in total. The minimum atomic E-state index is -0.214. The molecule has 0 spiro atoms. The van der Waals surface area contributed by atoms with Gasteiger partial charge >= 0.3 is 0 Å². The second-order valence-electron chi connectivity index (χ2n) is 4.18. The van der Waals surface area contributed by atoms with Crippen LogP contribution in [0, 0.1) is 9.39 Å². The maximum absolute atomic E-state index is 13.8. The lowest BCUT2D eigenvalue weighted by Crippen LogP contribution is -2.30. The Balaban J connectivity index is 2.29. The minimum Gasteiger partial charge on any atom is -0.271 e. The summed E-state index contributed by atoms with van der Waals surface area (Å²) < 4.78 is 15.8. The number of benzene rings is 2. The average molecular weight is 435 g/mol. The Morgan fingerprint density at radius 2 is 2.00 bits per heavy atom. The highest BCUT2D eigenvalue weighted by atomic mass is 127. The van der Waals surface area contributed by atoms with Crippen molar-refractivity contribution in [2.75, 3.05) is 0 Å². The Bertz CT molecular complexity index is 577. The molecule has 2 rings (SSSR count). The maximum Gasteiger partial charge on any atom is 0.126 e. The van der Waals surface area contributed by atoms with Gasteiger partial charge in [-0.25, -0.2) is 4.39 Å². The van der Waals surface area contributed by atoms with Crippen LogP contribution in [0.4, 0.5) is 4.39 Å². The molecule has 1 atom stereocenters. The van der Waals surface area contributed by atoms with E-state index in [1.165, 1.54) is 6.07 Å². The molecular formula is C14H13BrFIN2. The first-order valence-electron chi connectivity index (χ1n) is 5.76. The number of nitrogens with two attached hydrogens (primary N) is 1. The van der Waals surface area contributed by atoms with Gasteiger partial charge in [0.1, 0.15) is 5.82 Å². The van der Waals surface area contributed by atoms with E-state index in [0.717, 1.165) is 13.6 Å². The van der Waals surface area contributed by atoms with Gasteiger partial charge in [0.25, 0.3) is 0 Å². The van der Waals surface area contributed by atoms with Crippen molar-refractivity contribution in [1.82, 2.24) is 5.43 Å². The van der Waals surface area contributed by atoms with E-state index in [-0.39, 0.29) is 11.9 Å². The lowest BCUT2D eigenvalue weighted by molar-refractivity contribution is 0.527. The molecule has 0 aliphatic heterocycles. The molecule has 19 heavy (non-hydrogen) atoms. The van der Waals surface area contributed by atoms with E-state index in [1.54, 1.807) is 12.1 Å². The van der Waals surface area contributed by atoms with Crippen LogP contribution in [0.5, 0.6) is 0 Å². The van der Waals surface area contributed by atoms with Gasteiger partial charge in [0.05, 0.1) is 6.04 Å². The van der Waals surface area contributed by atoms with Crippen molar-refractivity contribution in [3.63, 3.8) is 0 Å². The van der Waals surface area contributed by atoms with Gasteiger partial charge in [0.15, 0.2) is 0 Å². The van der Waals surface area contributed by atoms with Crippen molar-refractivity contribution in [3.8, 4) is 0 Å². The molecule has 2 aromatic carbocycles. The summed E-state index contributed by atoms with van der Waals surface area (Å²) in [4.78, 5) is 0. The number of rotatable bonds is 4. The van der Waals surface area contributed by atoms with Crippen LogP contribution in [0.25, 0.3) is 0 Å². The van der Waals surface area contributed by atoms with Crippen LogP contribution < -0.4 is 11.3 Å². The van der Waals surface area contributed by atoms with Crippen molar-refractivity contribution in [1.29, 1.82) is 0 Å². The fourth-order valence-corrected chi connectivity index (χ4v) is 3.11. The largest absolute Gasteiger partial charge is 0.271 e. The zero-order chi connectivity index (χ0) is 13.8. The normalized spacial score (nSPS) is 12.4. The van der Waals surface area contributed by atoms with Gasteiger partial charge in [-0.15, -0.1) is 0 Å². The number of halogens is 3. The summed E-state index contributed by atoms with van der Waals surface area (Å²) >= 11 is 5.62. The van der Waals surface area contributed by atoms with E-state index in [4.69, 9.17) is 5.84 Å². The van der Waals surface area contributed by atoms with E-state index in [2.05, 4.69) is 43.9 Å². The number of hydrazine groups is 1. The molecular weight excluding hydrogens is 422 g/mol. The lowest BCUT2D eigenvalue weighted by Gasteiger charge is -2.18. The Morgan fingerprint density at radius 3 is 2.68 bits per heavy atom. The standard InChI is InChI=1S/C14H13BrFIN2/c15-10-5-6-12(16)9(7-10)8-14(19-18)11-3-1-2-4-13(11)17/h1-7,14,19H,8,18H2. The molecule has 0 aliphatic rings. The molecule has 0 aliphatic carbocycles. The fourth-order valence-electron chi connectivity index (χ4n) is 1.94. The highest BCUT2D eigenvalue weighted by molar-refractivity contribution is 14.1. The highest BCUT2D eigenvalue weighted by Gasteiger charge is 2.15. The molecule has 1 unspecified atom stereocenters. The molecule has 0 saturated heterocycles. The molecule has 0 amide bonds. The van der Waals surface area contributed by atoms with Gasteiger partial charge in [0, 0.05) is 8.04 Å². The molecule has 0 fully saturated rings. The zero-order valence-corrected chi connectivity index (χ0v) is 13.8. The van der Waals surface area contributed by atoms with Crippen molar-refractivity contribution in [2.45, 2.75) is 12.5 Å². The highest BCUT2D eigenvalue weighted by Crippen LogP contribution is 2.25. The van der Waals surface area contributed by atoms with E-state index in [0.29, 0.717) is 12.0 Å². The van der Waals surface area contributed by atoms with Gasteiger partial charge in [-0.1, -0.05) is 34.1 Å². The van der Waals surface area contributed by atoms with Crippen molar-refractivity contribution < 1.29 is 4.39 Å². The van der Waals surface area contributed by atoms with Crippen LogP contribution in [0.2, 0.25) is 0 Å². The molecule has 0 heterocycles. The van der Waals surface area contributed by atoms with Crippen LogP contribution in [-0.4, -0.2) is 0 Å². The van der Waals surface area contributed by atoms with Crippen molar-refractivity contribution in [3.05, 3.63) is 67.5 Å². The summed E-state index contributed by atoms with van der Waals surface area (Å²) in [5.74, 6) is 5.41. The van der Waals surface area contributed by atoms with Crippen molar-refractivity contribution in [2.24, 2.45) is 5.84 Å². The first-order valence-corrected chi connectivity index (χ1v) is 7.63. The molecule has 0 aromatic heterocycles. The predicted molar refractivity (Wildman–Crippen MR) is 87.0 cm³/mol. The van der Waals surface area contributed by atoms with Gasteiger partial charge in [-0.2, -0.15) is 0 Å². The summed E-state index contributed by atoms with van der Waals surface area (Å²) in [6.45, 7) is 0. The summed E-state index contributed by atoms with van der Waals surface area (Å²) in [5.41, 5.74) is 4.48. The fraction of sp³-hybridized carbons (Fsp3) is 0.143.